The van der Waals surface area contributed by atoms with Gasteiger partial charge < -0.3 is 25.1 Å². The number of rotatable bonds is 3. The molecule has 8 heteroatoms. The van der Waals surface area contributed by atoms with Gasteiger partial charge in [-0.1, -0.05) is 18.6 Å². The lowest BCUT2D eigenvalue weighted by atomic mass is 9.85. The summed E-state index contributed by atoms with van der Waals surface area (Å²) in [7, 11) is 0. The summed E-state index contributed by atoms with van der Waals surface area (Å²) in [5.74, 6) is 1.25. The summed E-state index contributed by atoms with van der Waals surface area (Å²) in [6.45, 7) is 0.335. The van der Waals surface area contributed by atoms with E-state index >= 15 is 0 Å². The summed E-state index contributed by atoms with van der Waals surface area (Å²) in [6, 6.07) is 10.3. The third-order valence-corrected chi connectivity index (χ3v) is 5.73. The van der Waals surface area contributed by atoms with Gasteiger partial charge in [0.05, 0.1) is 23.3 Å². The number of aromatic amines is 1. The highest BCUT2D eigenvalue weighted by Crippen LogP contribution is 2.34. The van der Waals surface area contributed by atoms with Crippen molar-refractivity contribution in [2.75, 3.05) is 12.1 Å². The van der Waals surface area contributed by atoms with Gasteiger partial charge in [-0.25, -0.2) is 14.2 Å². The first-order valence-corrected chi connectivity index (χ1v) is 10.2. The van der Waals surface area contributed by atoms with Crippen molar-refractivity contribution in [1.82, 2.24) is 15.3 Å². The Morgan fingerprint density at radius 2 is 2.13 bits per heavy atom. The van der Waals surface area contributed by atoms with E-state index in [1.54, 1.807) is 0 Å². The number of carbonyl (C=O) groups excluding carboxylic acids is 1. The molecule has 1 aliphatic carbocycles. The first kappa shape index (κ1) is 18.9. The zero-order valence-electron chi connectivity index (χ0n) is 16.4. The minimum absolute atomic E-state index is 0.0191. The molecule has 0 bridgehead atoms. The summed E-state index contributed by atoms with van der Waals surface area (Å²) in [4.78, 5) is 20.7. The fraction of sp³-hybridized carbons (Fsp3) is 0.364. The number of ether oxygens (including phenoxy) is 2. The summed E-state index contributed by atoms with van der Waals surface area (Å²) in [5.41, 5.74) is 2.88. The molecular weight excluding hydrogens is 387 g/mol. The summed E-state index contributed by atoms with van der Waals surface area (Å²) >= 11 is 0. The number of hydrogen-bond donors (Lipinski definition) is 3. The van der Waals surface area contributed by atoms with Crippen LogP contribution < -0.4 is 15.4 Å². The van der Waals surface area contributed by atoms with Crippen LogP contribution in [0.3, 0.4) is 0 Å². The van der Waals surface area contributed by atoms with Gasteiger partial charge >= 0.3 is 6.03 Å². The number of para-hydroxylation sites is 2. The number of halogens is 1. The fourth-order valence-corrected chi connectivity index (χ4v) is 4.35. The molecule has 1 saturated carbocycles. The van der Waals surface area contributed by atoms with Gasteiger partial charge in [0, 0.05) is 23.6 Å². The largest absolute Gasteiger partial charge is 0.465 e. The predicted molar refractivity (Wildman–Crippen MR) is 110 cm³/mol. The molecule has 2 aromatic carbocycles. The summed E-state index contributed by atoms with van der Waals surface area (Å²) in [5, 5.41) is 5.77. The van der Waals surface area contributed by atoms with Crippen LogP contribution in [-0.4, -0.2) is 28.8 Å². The highest BCUT2D eigenvalue weighted by atomic mass is 19.1. The molecule has 0 saturated heterocycles. The molecule has 1 unspecified atom stereocenters. The van der Waals surface area contributed by atoms with Crippen molar-refractivity contribution in [3.8, 4) is 5.75 Å². The molecule has 2 amide bonds. The van der Waals surface area contributed by atoms with Crippen LogP contribution in [-0.2, 0) is 11.3 Å². The molecule has 156 valence electrons. The van der Waals surface area contributed by atoms with Crippen LogP contribution in [0.1, 0.15) is 43.0 Å². The Balaban J connectivity index is 1.26. The number of aromatic nitrogens is 2. The van der Waals surface area contributed by atoms with E-state index in [0.29, 0.717) is 17.0 Å². The SMILES string of the molecule is O=C(Nc1cc(F)cc2c1OCOC2)NC1CCC[C@H](c2nc3ccccc3[nH]2)C1. The topological polar surface area (TPSA) is 88.3 Å². The number of amides is 2. The molecule has 0 spiro atoms. The van der Waals surface area contributed by atoms with E-state index in [1.807, 2.05) is 24.3 Å². The number of imidazole rings is 1. The van der Waals surface area contributed by atoms with Crippen LogP contribution in [0.25, 0.3) is 11.0 Å². The molecule has 3 aromatic rings. The number of H-pyrrole nitrogens is 1. The van der Waals surface area contributed by atoms with Crippen molar-refractivity contribution >= 4 is 22.8 Å². The van der Waals surface area contributed by atoms with Crippen molar-refractivity contribution in [3.05, 3.63) is 53.6 Å². The van der Waals surface area contributed by atoms with Crippen molar-refractivity contribution in [1.29, 1.82) is 0 Å². The smallest absolute Gasteiger partial charge is 0.319 e. The normalized spacial score (nSPS) is 21.0. The van der Waals surface area contributed by atoms with Gasteiger partial charge in [-0.2, -0.15) is 0 Å². The van der Waals surface area contributed by atoms with E-state index in [4.69, 9.17) is 14.5 Å². The highest BCUT2D eigenvalue weighted by molar-refractivity contribution is 5.91. The third-order valence-electron chi connectivity index (χ3n) is 5.73. The Morgan fingerprint density at radius 1 is 1.23 bits per heavy atom. The Kier molecular flexibility index (Phi) is 5.00. The fourth-order valence-electron chi connectivity index (χ4n) is 4.35. The van der Waals surface area contributed by atoms with Crippen LogP contribution in [0.2, 0.25) is 0 Å². The number of nitrogens with zero attached hydrogens (tertiary/aromatic N) is 1. The van der Waals surface area contributed by atoms with Gasteiger partial charge in [0.25, 0.3) is 0 Å². The third kappa shape index (κ3) is 3.82. The number of carbonyl (C=O) groups is 1. The van der Waals surface area contributed by atoms with Crippen LogP contribution in [0.15, 0.2) is 36.4 Å². The minimum atomic E-state index is -0.444. The van der Waals surface area contributed by atoms with Crippen LogP contribution >= 0.6 is 0 Å². The molecular formula is C22H23FN4O3. The standard InChI is InChI=1S/C22H23FN4O3/c23-15-8-14-11-29-12-30-20(14)19(10-15)27-22(28)24-16-5-3-4-13(9-16)21-25-17-6-1-2-7-18(17)26-21/h1-2,6-8,10,13,16H,3-5,9,11-12H2,(H,25,26)(H2,24,27,28)/t13-,16?/m0/s1. The Morgan fingerprint density at radius 3 is 3.03 bits per heavy atom. The Hall–Kier alpha value is -3.13. The van der Waals surface area contributed by atoms with Gasteiger partial charge in [-0.05, 0) is 37.5 Å². The Labute approximate surface area is 173 Å². The summed E-state index contributed by atoms with van der Waals surface area (Å²) in [6.07, 6.45) is 3.74. The first-order chi connectivity index (χ1) is 14.7. The quantitative estimate of drug-likeness (QED) is 0.597. The maximum atomic E-state index is 13.9. The number of anilines is 1. The molecule has 5 rings (SSSR count). The molecule has 30 heavy (non-hydrogen) atoms. The lowest BCUT2D eigenvalue weighted by molar-refractivity contribution is -0.0160. The number of urea groups is 1. The second kappa shape index (κ2) is 7.95. The van der Waals surface area contributed by atoms with E-state index in [1.165, 1.54) is 12.1 Å². The van der Waals surface area contributed by atoms with Gasteiger partial charge in [0.15, 0.2) is 12.5 Å². The second-order valence-electron chi connectivity index (χ2n) is 7.85. The van der Waals surface area contributed by atoms with Crippen LogP contribution in [0.5, 0.6) is 5.75 Å². The molecule has 1 aromatic heterocycles. The van der Waals surface area contributed by atoms with E-state index in [0.717, 1.165) is 42.5 Å². The molecule has 7 nitrogen and oxygen atoms in total. The molecule has 2 aliphatic rings. The lowest BCUT2D eigenvalue weighted by Gasteiger charge is -2.29. The highest BCUT2D eigenvalue weighted by Gasteiger charge is 2.27. The number of nitrogens with one attached hydrogen (secondary N) is 3. The van der Waals surface area contributed by atoms with E-state index < -0.39 is 5.82 Å². The zero-order chi connectivity index (χ0) is 20.5. The summed E-state index contributed by atoms with van der Waals surface area (Å²) < 4.78 is 24.5. The van der Waals surface area contributed by atoms with Crippen molar-refractivity contribution in [3.63, 3.8) is 0 Å². The molecule has 2 atom stereocenters. The van der Waals surface area contributed by atoms with Gasteiger partial charge in [-0.15, -0.1) is 0 Å². The van der Waals surface area contributed by atoms with E-state index in [2.05, 4.69) is 15.6 Å². The number of benzene rings is 2. The molecule has 1 aliphatic heterocycles. The van der Waals surface area contributed by atoms with E-state index in [-0.39, 0.29) is 31.4 Å². The monoisotopic (exact) mass is 410 g/mol. The maximum Gasteiger partial charge on any atom is 0.319 e. The predicted octanol–water partition coefficient (Wildman–Crippen LogP) is 4.42. The van der Waals surface area contributed by atoms with Crippen LogP contribution in [0, 0.1) is 5.82 Å². The van der Waals surface area contributed by atoms with Crippen molar-refractivity contribution < 1.29 is 18.7 Å². The van der Waals surface area contributed by atoms with Gasteiger partial charge in [0.2, 0.25) is 0 Å². The van der Waals surface area contributed by atoms with Gasteiger partial charge in [-0.3, -0.25) is 0 Å². The van der Waals surface area contributed by atoms with E-state index in [9.17, 15) is 9.18 Å². The number of fused-ring (bicyclic) bond motifs is 2. The van der Waals surface area contributed by atoms with Crippen LogP contribution in [0.4, 0.5) is 14.9 Å². The average molecular weight is 410 g/mol. The molecule has 0 radical (unpaired) electrons. The minimum Gasteiger partial charge on any atom is -0.465 e. The van der Waals surface area contributed by atoms with Gasteiger partial charge in [0.1, 0.15) is 11.6 Å². The lowest BCUT2D eigenvalue weighted by Crippen LogP contribution is -2.40. The molecule has 2 heterocycles. The maximum absolute atomic E-state index is 13.9. The van der Waals surface area contributed by atoms with Crippen molar-refractivity contribution in [2.45, 2.75) is 44.2 Å². The first-order valence-electron chi connectivity index (χ1n) is 10.2. The van der Waals surface area contributed by atoms with Crippen molar-refractivity contribution in [2.24, 2.45) is 0 Å². The molecule has 1 fully saturated rings. The zero-order valence-corrected chi connectivity index (χ0v) is 16.4. The Bertz CT molecular complexity index is 1050. The number of hydrogen-bond acceptors (Lipinski definition) is 4. The second-order valence-corrected chi connectivity index (χ2v) is 7.85. The molecule has 3 N–H and O–H groups in total. The average Bonchev–Trinajstić information content (AvgIpc) is 3.18.